The van der Waals surface area contributed by atoms with Crippen molar-refractivity contribution in [2.24, 2.45) is 0 Å². The zero-order valence-electron chi connectivity index (χ0n) is 15.6. The number of Topliss-reactive ketones (excluding diaryl/α,β-unsaturated/α-hetero) is 1. The van der Waals surface area contributed by atoms with Crippen LogP contribution in [0.4, 0.5) is 0 Å². The average molecular weight is 362 g/mol. The van der Waals surface area contributed by atoms with Crippen LogP contribution < -0.4 is 10.4 Å². The molecule has 1 aliphatic carbocycles. The van der Waals surface area contributed by atoms with Crippen LogP contribution in [0.1, 0.15) is 46.8 Å². The van der Waals surface area contributed by atoms with Gasteiger partial charge in [-0.3, -0.25) is 4.79 Å². The van der Waals surface area contributed by atoms with Gasteiger partial charge in [-0.1, -0.05) is 30.3 Å². The summed E-state index contributed by atoms with van der Waals surface area (Å²) in [4.78, 5) is 24.9. The van der Waals surface area contributed by atoms with E-state index in [0.29, 0.717) is 16.9 Å². The number of hydrogen-bond acceptors (Lipinski definition) is 4. The fraction of sp³-hybridized carbons (Fsp3) is 0.304. The average Bonchev–Trinajstić information content (AvgIpc) is 2.69. The highest BCUT2D eigenvalue weighted by atomic mass is 16.5. The van der Waals surface area contributed by atoms with Gasteiger partial charge in [-0.25, -0.2) is 4.79 Å². The topological polar surface area (TPSA) is 56.5 Å². The molecular formula is C23H22O4. The van der Waals surface area contributed by atoms with Crippen molar-refractivity contribution in [1.82, 2.24) is 0 Å². The molecular weight excluding hydrogens is 340 g/mol. The van der Waals surface area contributed by atoms with Gasteiger partial charge in [-0.15, -0.1) is 0 Å². The Morgan fingerprint density at radius 1 is 1.07 bits per heavy atom. The highest BCUT2D eigenvalue weighted by molar-refractivity contribution is 5.99. The Bertz CT molecular complexity index is 1060. The molecule has 1 aromatic heterocycles. The molecule has 0 amide bonds. The summed E-state index contributed by atoms with van der Waals surface area (Å²) in [5, 5.41) is 0.921. The minimum Gasteiger partial charge on any atom is -0.482 e. The van der Waals surface area contributed by atoms with Gasteiger partial charge in [0, 0.05) is 16.5 Å². The van der Waals surface area contributed by atoms with Crippen molar-refractivity contribution >= 4 is 16.8 Å². The zero-order chi connectivity index (χ0) is 19.0. The number of ether oxygens (including phenoxy) is 1. The lowest BCUT2D eigenvalue weighted by Gasteiger charge is -2.19. The Morgan fingerprint density at radius 2 is 1.78 bits per heavy atom. The Morgan fingerprint density at radius 3 is 2.52 bits per heavy atom. The van der Waals surface area contributed by atoms with E-state index in [1.807, 2.05) is 37.3 Å². The van der Waals surface area contributed by atoms with E-state index in [-0.39, 0.29) is 11.4 Å². The number of aryl methyl sites for hydroxylation is 2. The number of carbonyl (C=O) groups is 1. The van der Waals surface area contributed by atoms with E-state index in [4.69, 9.17) is 9.15 Å². The minimum atomic E-state index is -0.602. The van der Waals surface area contributed by atoms with Crippen LogP contribution in [0.3, 0.4) is 0 Å². The van der Waals surface area contributed by atoms with Crippen molar-refractivity contribution in [1.29, 1.82) is 0 Å². The molecule has 0 spiro atoms. The Kier molecular flexibility index (Phi) is 4.56. The maximum atomic E-state index is 12.6. The second-order valence-electron chi connectivity index (χ2n) is 7.16. The highest BCUT2D eigenvalue weighted by Gasteiger charge is 2.21. The summed E-state index contributed by atoms with van der Waals surface area (Å²) in [7, 11) is 0. The van der Waals surface area contributed by atoms with Gasteiger partial charge < -0.3 is 9.15 Å². The van der Waals surface area contributed by atoms with E-state index in [0.717, 1.165) is 47.8 Å². The highest BCUT2D eigenvalue weighted by Crippen LogP contribution is 2.32. The number of fused-ring (bicyclic) bond motifs is 3. The summed E-state index contributed by atoms with van der Waals surface area (Å²) >= 11 is 0. The first-order valence-corrected chi connectivity index (χ1v) is 9.39. The van der Waals surface area contributed by atoms with Crippen LogP contribution in [0.25, 0.3) is 11.0 Å². The zero-order valence-corrected chi connectivity index (χ0v) is 15.6. The van der Waals surface area contributed by atoms with Crippen molar-refractivity contribution in [2.75, 3.05) is 0 Å². The Hall–Kier alpha value is -2.88. The van der Waals surface area contributed by atoms with Crippen LogP contribution in [0, 0.1) is 6.92 Å². The van der Waals surface area contributed by atoms with Gasteiger partial charge in [-0.2, -0.15) is 0 Å². The third kappa shape index (κ3) is 3.27. The lowest BCUT2D eigenvalue weighted by atomic mass is 9.90. The maximum absolute atomic E-state index is 12.6. The predicted molar refractivity (Wildman–Crippen MR) is 105 cm³/mol. The van der Waals surface area contributed by atoms with Crippen molar-refractivity contribution in [3.05, 3.63) is 75.1 Å². The van der Waals surface area contributed by atoms with Gasteiger partial charge in [0.2, 0.25) is 5.78 Å². The molecule has 27 heavy (non-hydrogen) atoms. The van der Waals surface area contributed by atoms with Crippen molar-refractivity contribution in [3.63, 3.8) is 0 Å². The van der Waals surface area contributed by atoms with E-state index < -0.39 is 6.10 Å². The molecule has 0 saturated heterocycles. The summed E-state index contributed by atoms with van der Waals surface area (Å²) in [5.41, 5.74) is 3.70. The van der Waals surface area contributed by atoms with Crippen molar-refractivity contribution in [3.8, 4) is 5.75 Å². The van der Waals surface area contributed by atoms with E-state index in [2.05, 4.69) is 0 Å². The first kappa shape index (κ1) is 17.5. The molecule has 0 saturated carbocycles. The molecule has 0 fully saturated rings. The molecule has 1 unspecified atom stereocenters. The van der Waals surface area contributed by atoms with Gasteiger partial charge in [-0.05, 0) is 62.8 Å². The fourth-order valence-corrected chi connectivity index (χ4v) is 3.78. The van der Waals surface area contributed by atoms with Crippen LogP contribution in [-0.2, 0) is 12.8 Å². The standard InChI is InChI=1S/C23H22O4/c1-14-12-21-19(17-10-6-7-11-18(17)23(25)27-21)13-20(14)26-15(2)22(24)16-8-4-3-5-9-16/h3-5,8-9,12-13,15H,6-7,10-11H2,1-2H3. The first-order valence-electron chi connectivity index (χ1n) is 9.39. The van der Waals surface area contributed by atoms with Crippen LogP contribution in [0.5, 0.6) is 5.75 Å². The molecule has 2 aromatic carbocycles. The third-order valence-corrected chi connectivity index (χ3v) is 5.25. The molecule has 0 N–H and O–H groups in total. The molecule has 3 aromatic rings. The first-order chi connectivity index (χ1) is 13.0. The maximum Gasteiger partial charge on any atom is 0.339 e. The number of ketones is 1. The number of carbonyl (C=O) groups excluding carboxylic acids is 1. The number of rotatable bonds is 4. The van der Waals surface area contributed by atoms with E-state index >= 15 is 0 Å². The normalized spacial score (nSPS) is 14.6. The summed E-state index contributed by atoms with van der Waals surface area (Å²) in [6.45, 7) is 3.66. The van der Waals surface area contributed by atoms with Gasteiger partial charge in [0.25, 0.3) is 0 Å². The quantitative estimate of drug-likeness (QED) is 0.501. The minimum absolute atomic E-state index is 0.0586. The molecule has 0 aliphatic heterocycles. The molecule has 1 atom stereocenters. The Labute approximate surface area is 157 Å². The van der Waals surface area contributed by atoms with Crippen LogP contribution >= 0.6 is 0 Å². The van der Waals surface area contributed by atoms with Gasteiger partial charge in [0.1, 0.15) is 11.3 Å². The summed E-state index contributed by atoms with van der Waals surface area (Å²) < 4.78 is 11.6. The molecule has 138 valence electrons. The summed E-state index contributed by atoms with van der Waals surface area (Å²) in [6.07, 6.45) is 3.12. The predicted octanol–water partition coefficient (Wildman–Crippen LogP) is 4.63. The number of benzene rings is 2. The van der Waals surface area contributed by atoms with Crippen molar-refractivity contribution < 1.29 is 13.9 Å². The lowest BCUT2D eigenvalue weighted by molar-refractivity contribution is 0.0817. The summed E-state index contributed by atoms with van der Waals surface area (Å²) in [5.74, 6) is 0.595. The van der Waals surface area contributed by atoms with Gasteiger partial charge in [0.15, 0.2) is 6.10 Å². The molecule has 4 heteroatoms. The molecule has 1 heterocycles. The monoisotopic (exact) mass is 362 g/mol. The molecule has 4 nitrogen and oxygen atoms in total. The molecule has 0 bridgehead atoms. The molecule has 1 aliphatic rings. The van der Waals surface area contributed by atoms with Crippen LogP contribution in [-0.4, -0.2) is 11.9 Å². The second kappa shape index (κ2) is 7.03. The van der Waals surface area contributed by atoms with Gasteiger partial charge >= 0.3 is 5.63 Å². The molecule has 0 radical (unpaired) electrons. The van der Waals surface area contributed by atoms with E-state index in [9.17, 15) is 9.59 Å². The largest absolute Gasteiger partial charge is 0.482 e. The number of hydrogen-bond donors (Lipinski definition) is 0. The Balaban J connectivity index is 1.72. The fourth-order valence-electron chi connectivity index (χ4n) is 3.78. The van der Waals surface area contributed by atoms with Gasteiger partial charge in [0.05, 0.1) is 0 Å². The SMILES string of the molecule is Cc1cc2oc(=O)c3c(c2cc1OC(C)C(=O)c1ccccc1)CCCC3. The summed E-state index contributed by atoms with van der Waals surface area (Å²) in [6, 6.07) is 12.9. The van der Waals surface area contributed by atoms with E-state index in [1.54, 1.807) is 19.1 Å². The third-order valence-electron chi connectivity index (χ3n) is 5.25. The smallest absolute Gasteiger partial charge is 0.339 e. The second-order valence-corrected chi connectivity index (χ2v) is 7.16. The van der Waals surface area contributed by atoms with E-state index in [1.165, 1.54) is 0 Å². The lowest BCUT2D eigenvalue weighted by Crippen LogP contribution is -2.24. The van der Waals surface area contributed by atoms with Crippen LogP contribution in [0.2, 0.25) is 0 Å². The van der Waals surface area contributed by atoms with Crippen molar-refractivity contribution in [2.45, 2.75) is 45.6 Å². The van der Waals surface area contributed by atoms with Crippen LogP contribution in [0.15, 0.2) is 51.7 Å². The molecule has 4 rings (SSSR count).